The molecule has 0 aromatic heterocycles. The lowest BCUT2D eigenvalue weighted by atomic mass is 9.92. The van der Waals surface area contributed by atoms with Crippen molar-refractivity contribution in [1.82, 2.24) is 0 Å². The first-order chi connectivity index (χ1) is 7.64. The highest BCUT2D eigenvalue weighted by Gasteiger charge is 2.45. The van der Waals surface area contributed by atoms with E-state index in [0.29, 0.717) is 0 Å². The summed E-state index contributed by atoms with van der Waals surface area (Å²) in [5.41, 5.74) is 3.48. The van der Waals surface area contributed by atoms with Crippen LogP contribution in [0, 0.1) is 18.3 Å². The molecule has 1 aliphatic carbocycles. The summed E-state index contributed by atoms with van der Waals surface area (Å²) in [4.78, 5) is 0. The van der Waals surface area contributed by atoms with Crippen LogP contribution in [0.2, 0.25) is 0 Å². The molecule has 0 saturated heterocycles. The van der Waals surface area contributed by atoms with Crippen molar-refractivity contribution in [2.24, 2.45) is 0 Å². The van der Waals surface area contributed by atoms with E-state index < -0.39 is 0 Å². The second kappa shape index (κ2) is 3.01. The van der Waals surface area contributed by atoms with Gasteiger partial charge in [0.05, 0.1) is 11.5 Å². The summed E-state index contributed by atoms with van der Waals surface area (Å²) in [6.45, 7) is 4.17. The molecule has 0 bridgehead atoms. The third kappa shape index (κ3) is 1.24. The zero-order chi connectivity index (χ0) is 11.3. The number of fused-ring (bicyclic) bond motifs is 1. The van der Waals surface area contributed by atoms with Crippen LogP contribution in [0.25, 0.3) is 0 Å². The van der Waals surface area contributed by atoms with Crippen LogP contribution in [-0.2, 0) is 11.8 Å². The molecule has 0 N–H and O–H groups in total. The minimum Gasteiger partial charge on any atom is -0.490 e. The Morgan fingerprint density at radius 3 is 2.81 bits per heavy atom. The van der Waals surface area contributed by atoms with Gasteiger partial charge in [-0.25, -0.2) is 0 Å². The summed E-state index contributed by atoms with van der Waals surface area (Å²) < 4.78 is 5.78. The van der Waals surface area contributed by atoms with Crippen LogP contribution in [0.5, 0.6) is 5.75 Å². The van der Waals surface area contributed by atoms with Crippen molar-refractivity contribution in [3.8, 4) is 11.8 Å². The maximum atomic E-state index is 9.22. The minimum absolute atomic E-state index is 0.175. The maximum Gasteiger partial charge on any atom is 0.125 e. The smallest absolute Gasteiger partial charge is 0.125 e. The Kier molecular flexibility index (Phi) is 1.83. The number of benzene rings is 1. The number of rotatable bonds is 1. The molecular formula is C14H15NO. The molecule has 1 heterocycles. The van der Waals surface area contributed by atoms with Crippen molar-refractivity contribution in [1.29, 1.82) is 5.26 Å². The van der Waals surface area contributed by atoms with E-state index in [1.807, 2.05) is 0 Å². The number of hydrogen-bond acceptors (Lipinski definition) is 2. The van der Waals surface area contributed by atoms with Crippen LogP contribution < -0.4 is 4.74 Å². The van der Waals surface area contributed by atoms with Crippen molar-refractivity contribution in [2.75, 3.05) is 0 Å². The molecule has 0 spiro atoms. The van der Waals surface area contributed by atoms with Crippen LogP contribution in [0.4, 0.5) is 0 Å². The molecule has 82 valence electrons. The fourth-order valence-corrected chi connectivity index (χ4v) is 2.59. The molecule has 0 amide bonds. The largest absolute Gasteiger partial charge is 0.490 e. The topological polar surface area (TPSA) is 33.0 Å². The van der Waals surface area contributed by atoms with Gasteiger partial charge in [-0.1, -0.05) is 12.1 Å². The average molecular weight is 213 g/mol. The van der Waals surface area contributed by atoms with Gasteiger partial charge in [-0.2, -0.15) is 5.26 Å². The lowest BCUT2D eigenvalue weighted by Crippen LogP contribution is -2.05. The summed E-state index contributed by atoms with van der Waals surface area (Å²) in [7, 11) is 0. The van der Waals surface area contributed by atoms with E-state index in [4.69, 9.17) is 4.74 Å². The number of nitriles is 1. The highest BCUT2D eigenvalue weighted by molar-refractivity contribution is 5.51. The van der Waals surface area contributed by atoms with Gasteiger partial charge in [0.15, 0.2) is 0 Å². The number of aryl methyl sites for hydroxylation is 1. The quantitative estimate of drug-likeness (QED) is 0.718. The van der Waals surface area contributed by atoms with Crippen molar-refractivity contribution in [3.05, 3.63) is 28.8 Å². The van der Waals surface area contributed by atoms with Crippen molar-refractivity contribution < 1.29 is 4.74 Å². The van der Waals surface area contributed by atoms with Gasteiger partial charge in [0.2, 0.25) is 0 Å². The summed E-state index contributed by atoms with van der Waals surface area (Å²) in [5.74, 6) is 1.05. The van der Waals surface area contributed by atoms with E-state index >= 15 is 0 Å². The Hall–Kier alpha value is -1.49. The molecule has 2 nitrogen and oxygen atoms in total. The first-order valence-corrected chi connectivity index (χ1v) is 5.86. The predicted molar refractivity (Wildman–Crippen MR) is 61.5 cm³/mol. The molecule has 0 radical (unpaired) electrons. The molecule has 16 heavy (non-hydrogen) atoms. The predicted octanol–water partition coefficient (Wildman–Crippen LogP) is 2.87. The Labute approximate surface area is 95.8 Å². The van der Waals surface area contributed by atoms with E-state index in [0.717, 1.165) is 25.0 Å². The monoisotopic (exact) mass is 213 g/mol. The normalized spacial score (nSPS) is 24.4. The van der Waals surface area contributed by atoms with Gasteiger partial charge in [-0.3, -0.25) is 0 Å². The van der Waals surface area contributed by atoms with Crippen LogP contribution in [0.3, 0.4) is 0 Å². The summed E-state index contributed by atoms with van der Waals surface area (Å²) in [5, 5.41) is 9.22. The lowest BCUT2D eigenvalue weighted by Gasteiger charge is -2.11. The Bertz CT molecular complexity index is 494. The van der Waals surface area contributed by atoms with Gasteiger partial charge in [0.1, 0.15) is 11.9 Å². The van der Waals surface area contributed by atoms with Crippen LogP contribution in [0.1, 0.15) is 36.5 Å². The molecule has 1 aliphatic heterocycles. The Morgan fingerprint density at radius 2 is 2.19 bits per heavy atom. The fourth-order valence-electron chi connectivity index (χ4n) is 2.59. The Morgan fingerprint density at radius 1 is 1.44 bits per heavy atom. The molecule has 2 heteroatoms. The number of hydrogen-bond donors (Lipinski definition) is 0. The molecule has 1 fully saturated rings. The second-order valence-electron chi connectivity index (χ2n) is 5.11. The van der Waals surface area contributed by atoms with Crippen LogP contribution in [0.15, 0.2) is 12.1 Å². The van der Waals surface area contributed by atoms with E-state index in [2.05, 4.69) is 32.0 Å². The zero-order valence-electron chi connectivity index (χ0n) is 9.71. The molecule has 1 aromatic rings. The molecule has 2 aliphatic rings. The van der Waals surface area contributed by atoms with E-state index in [-0.39, 0.29) is 11.5 Å². The highest BCUT2D eigenvalue weighted by Crippen LogP contribution is 2.49. The third-order valence-electron chi connectivity index (χ3n) is 3.69. The van der Waals surface area contributed by atoms with Gasteiger partial charge in [-0.15, -0.1) is 0 Å². The van der Waals surface area contributed by atoms with Gasteiger partial charge in [0, 0.05) is 6.42 Å². The summed E-state index contributed by atoms with van der Waals surface area (Å²) >= 11 is 0. The van der Waals surface area contributed by atoms with Gasteiger partial charge < -0.3 is 4.74 Å². The first-order valence-electron chi connectivity index (χ1n) is 5.86. The first kappa shape index (κ1) is 9.72. The average Bonchev–Trinajstić information content (AvgIpc) is 2.96. The molecule has 1 aromatic carbocycles. The van der Waals surface area contributed by atoms with E-state index in [1.165, 1.54) is 16.7 Å². The fraction of sp³-hybridized carbons (Fsp3) is 0.500. The van der Waals surface area contributed by atoms with Crippen LogP contribution in [-0.4, -0.2) is 6.10 Å². The SMILES string of the molecule is Cc1cc(C2(C#N)CC2)cc2c1OC(C)C2. The molecule has 1 saturated carbocycles. The van der Waals surface area contributed by atoms with Gasteiger partial charge >= 0.3 is 0 Å². The summed E-state index contributed by atoms with van der Waals surface area (Å²) in [6.07, 6.45) is 3.28. The van der Waals surface area contributed by atoms with Crippen LogP contribution >= 0.6 is 0 Å². The molecular weight excluding hydrogens is 198 g/mol. The van der Waals surface area contributed by atoms with Gasteiger partial charge in [0.25, 0.3) is 0 Å². The second-order valence-corrected chi connectivity index (χ2v) is 5.11. The lowest BCUT2D eigenvalue weighted by molar-refractivity contribution is 0.253. The summed E-state index contributed by atoms with van der Waals surface area (Å²) in [6, 6.07) is 6.77. The molecule has 3 rings (SSSR count). The third-order valence-corrected chi connectivity index (χ3v) is 3.69. The van der Waals surface area contributed by atoms with Gasteiger partial charge in [-0.05, 0) is 43.4 Å². The number of ether oxygens (including phenoxy) is 1. The van der Waals surface area contributed by atoms with E-state index in [9.17, 15) is 5.26 Å². The zero-order valence-corrected chi connectivity index (χ0v) is 9.71. The maximum absolute atomic E-state index is 9.22. The standard InChI is InChI=1S/C14H15NO/c1-9-5-12(14(8-15)3-4-14)7-11-6-10(2)16-13(9)11/h5,7,10H,3-4,6H2,1-2H3. The van der Waals surface area contributed by atoms with E-state index in [1.54, 1.807) is 0 Å². The van der Waals surface area contributed by atoms with Crippen molar-refractivity contribution >= 4 is 0 Å². The highest BCUT2D eigenvalue weighted by atomic mass is 16.5. The molecule has 1 atom stereocenters. The molecule has 1 unspecified atom stereocenters. The van der Waals surface area contributed by atoms with Crippen molar-refractivity contribution in [3.63, 3.8) is 0 Å². The number of nitrogens with zero attached hydrogens (tertiary/aromatic N) is 1. The Balaban J connectivity index is 2.09. The van der Waals surface area contributed by atoms with Crippen molar-refractivity contribution in [2.45, 2.75) is 44.6 Å². The minimum atomic E-state index is -0.175.